The molecule has 27 heavy (non-hydrogen) atoms. The standard InChI is InChI=1S/C19H14N4O2S2/c24-16-14-9-5-4-8-13(14)15(17(25)21-16)10-20-18-22-19(23-27-18)26-11-12-6-2-1-3-7-12/h1-10H,11H2,(H2,21,24,25)/b20-10+. The van der Waals surface area contributed by atoms with Crippen LogP contribution in [0.25, 0.3) is 10.8 Å². The molecule has 0 fully saturated rings. The molecular formula is C19H14N4O2S2. The molecule has 0 spiro atoms. The zero-order chi connectivity index (χ0) is 18.6. The Morgan fingerprint density at radius 1 is 1.11 bits per heavy atom. The second kappa shape index (κ2) is 7.73. The van der Waals surface area contributed by atoms with E-state index >= 15 is 0 Å². The number of rotatable bonds is 5. The monoisotopic (exact) mass is 394 g/mol. The Hall–Kier alpha value is -2.97. The number of thioether (sulfide) groups is 1. The summed E-state index contributed by atoms with van der Waals surface area (Å²) in [5.74, 6) is 0.567. The van der Waals surface area contributed by atoms with E-state index in [1.165, 1.54) is 23.3 Å². The molecule has 0 bridgehead atoms. The number of hydrogen-bond donors (Lipinski definition) is 2. The third kappa shape index (κ3) is 3.91. The van der Waals surface area contributed by atoms with Crippen molar-refractivity contribution in [3.05, 3.63) is 76.1 Å². The molecule has 2 N–H and O–H groups in total. The number of fused-ring (bicyclic) bond motifs is 1. The van der Waals surface area contributed by atoms with Crippen LogP contribution in [0.15, 0.2) is 69.5 Å². The van der Waals surface area contributed by atoms with Gasteiger partial charge in [0.1, 0.15) is 0 Å². The van der Waals surface area contributed by atoms with Crippen molar-refractivity contribution < 1.29 is 5.11 Å². The SMILES string of the molecule is O=c1[nH]c(O)c(/C=N/c2nc(SCc3ccccc3)ns2)c2ccccc12. The Bertz CT molecular complexity index is 1170. The van der Waals surface area contributed by atoms with Gasteiger partial charge in [-0.3, -0.25) is 9.78 Å². The third-order valence-corrected chi connectivity index (χ3v) is 5.52. The molecule has 4 rings (SSSR count). The molecule has 0 aliphatic heterocycles. The van der Waals surface area contributed by atoms with Crippen LogP contribution in [-0.2, 0) is 5.75 Å². The van der Waals surface area contributed by atoms with Crippen LogP contribution in [0.2, 0.25) is 0 Å². The summed E-state index contributed by atoms with van der Waals surface area (Å²) >= 11 is 2.73. The number of nitrogens with zero attached hydrogens (tertiary/aromatic N) is 3. The predicted molar refractivity (Wildman–Crippen MR) is 109 cm³/mol. The first-order valence-corrected chi connectivity index (χ1v) is 9.85. The number of aromatic nitrogens is 3. The largest absolute Gasteiger partial charge is 0.494 e. The van der Waals surface area contributed by atoms with Crippen molar-refractivity contribution >= 4 is 45.4 Å². The second-order valence-corrected chi connectivity index (χ2v) is 7.33. The number of aromatic hydroxyl groups is 1. The summed E-state index contributed by atoms with van der Waals surface area (Å²) in [6.07, 6.45) is 1.50. The maximum Gasteiger partial charge on any atom is 0.258 e. The van der Waals surface area contributed by atoms with Crippen LogP contribution in [0.3, 0.4) is 0 Å². The highest BCUT2D eigenvalue weighted by molar-refractivity contribution is 7.98. The van der Waals surface area contributed by atoms with Crippen molar-refractivity contribution in [2.75, 3.05) is 0 Å². The van der Waals surface area contributed by atoms with Crippen LogP contribution >= 0.6 is 23.3 Å². The van der Waals surface area contributed by atoms with Gasteiger partial charge in [-0.05, 0) is 11.6 Å². The molecular weight excluding hydrogens is 380 g/mol. The fourth-order valence-corrected chi connectivity index (χ4v) is 4.02. The third-order valence-electron chi connectivity index (χ3n) is 3.86. The maximum atomic E-state index is 11.9. The second-order valence-electron chi connectivity index (χ2n) is 5.65. The minimum atomic E-state index is -0.337. The van der Waals surface area contributed by atoms with Gasteiger partial charge in [-0.2, -0.15) is 9.36 Å². The highest BCUT2D eigenvalue weighted by Crippen LogP contribution is 2.26. The molecule has 0 aliphatic carbocycles. The molecule has 6 nitrogen and oxygen atoms in total. The van der Waals surface area contributed by atoms with E-state index in [0.717, 1.165) is 5.75 Å². The molecule has 0 saturated heterocycles. The summed E-state index contributed by atoms with van der Waals surface area (Å²) in [7, 11) is 0. The van der Waals surface area contributed by atoms with E-state index in [4.69, 9.17) is 0 Å². The summed E-state index contributed by atoms with van der Waals surface area (Å²) in [6.45, 7) is 0. The van der Waals surface area contributed by atoms with E-state index in [-0.39, 0.29) is 11.4 Å². The fourth-order valence-electron chi connectivity index (χ4n) is 2.57. The molecule has 0 unspecified atom stereocenters. The van der Waals surface area contributed by atoms with Gasteiger partial charge in [-0.25, -0.2) is 4.99 Å². The number of aliphatic imine (C=N–C) groups is 1. The first-order chi connectivity index (χ1) is 13.2. The molecule has 8 heteroatoms. The zero-order valence-electron chi connectivity index (χ0n) is 14.0. The van der Waals surface area contributed by atoms with E-state index in [1.807, 2.05) is 24.3 Å². The van der Waals surface area contributed by atoms with Crippen molar-refractivity contribution in [2.45, 2.75) is 10.9 Å². The van der Waals surface area contributed by atoms with Gasteiger partial charge in [0.15, 0.2) is 0 Å². The van der Waals surface area contributed by atoms with Crippen molar-refractivity contribution in [2.24, 2.45) is 4.99 Å². The van der Waals surface area contributed by atoms with E-state index in [9.17, 15) is 9.90 Å². The smallest absolute Gasteiger partial charge is 0.258 e. The molecule has 0 aliphatic rings. The summed E-state index contributed by atoms with van der Waals surface area (Å²) in [4.78, 5) is 23.1. The average molecular weight is 394 g/mol. The molecule has 0 radical (unpaired) electrons. The molecule has 0 atom stereocenters. The predicted octanol–water partition coefficient (Wildman–Crippen LogP) is 4.13. The average Bonchev–Trinajstić information content (AvgIpc) is 3.15. The van der Waals surface area contributed by atoms with E-state index in [0.29, 0.717) is 26.6 Å². The van der Waals surface area contributed by atoms with Gasteiger partial charge in [0, 0.05) is 34.3 Å². The van der Waals surface area contributed by atoms with Crippen molar-refractivity contribution in [1.82, 2.24) is 14.3 Å². The van der Waals surface area contributed by atoms with Gasteiger partial charge in [0.05, 0.1) is 5.56 Å². The lowest BCUT2D eigenvalue weighted by atomic mass is 10.1. The lowest BCUT2D eigenvalue weighted by Gasteiger charge is -2.03. The Morgan fingerprint density at radius 3 is 2.67 bits per heavy atom. The number of hydrogen-bond acceptors (Lipinski definition) is 7. The summed E-state index contributed by atoms with van der Waals surface area (Å²) in [5, 5.41) is 12.4. The van der Waals surface area contributed by atoms with Crippen molar-refractivity contribution in [3.63, 3.8) is 0 Å². The van der Waals surface area contributed by atoms with Gasteiger partial charge in [0.25, 0.3) is 5.56 Å². The number of aromatic amines is 1. The Balaban J connectivity index is 1.55. The number of H-pyrrole nitrogens is 1. The quantitative estimate of drug-likeness (QED) is 0.392. The van der Waals surface area contributed by atoms with Crippen LogP contribution in [0.1, 0.15) is 11.1 Å². The summed E-state index contributed by atoms with van der Waals surface area (Å²) in [5.41, 5.74) is 1.31. The lowest BCUT2D eigenvalue weighted by Crippen LogP contribution is -2.07. The zero-order valence-corrected chi connectivity index (χ0v) is 15.6. The van der Waals surface area contributed by atoms with Crippen LogP contribution in [0.5, 0.6) is 5.88 Å². The van der Waals surface area contributed by atoms with Crippen molar-refractivity contribution in [1.29, 1.82) is 0 Å². The molecule has 0 saturated carbocycles. The normalized spacial score (nSPS) is 11.4. The number of benzene rings is 2. The minimum Gasteiger partial charge on any atom is -0.494 e. The topological polar surface area (TPSA) is 91.2 Å². The Morgan fingerprint density at radius 2 is 1.85 bits per heavy atom. The molecule has 2 aromatic carbocycles. The first kappa shape index (κ1) is 17.4. The lowest BCUT2D eigenvalue weighted by molar-refractivity contribution is 0.452. The van der Waals surface area contributed by atoms with Crippen LogP contribution in [0, 0.1) is 0 Å². The Kier molecular flexibility index (Phi) is 4.99. The van der Waals surface area contributed by atoms with Gasteiger partial charge < -0.3 is 5.11 Å². The minimum absolute atomic E-state index is 0.217. The molecule has 0 amide bonds. The molecule has 2 heterocycles. The Labute approximate surface area is 162 Å². The van der Waals surface area contributed by atoms with Gasteiger partial charge in [-0.1, -0.05) is 60.3 Å². The first-order valence-electron chi connectivity index (χ1n) is 8.09. The molecule has 134 valence electrons. The van der Waals surface area contributed by atoms with Gasteiger partial charge in [-0.15, -0.1) is 0 Å². The van der Waals surface area contributed by atoms with E-state index in [2.05, 4.69) is 31.5 Å². The summed E-state index contributed by atoms with van der Waals surface area (Å²) < 4.78 is 4.30. The highest BCUT2D eigenvalue weighted by Gasteiger charge is 2.09. The highest BCUT2D eigenvalue weighted by atomic mass is 32.2. The van der Waals surface area contributed by atoms with Crippen LogP contribution in [0.4, 0.5) is 5.13 Å². The fraction of sp³-hybridized carbons (Fsp3) is 0.0526. The van der Waals surface area contributed by atoms with Gasteiger partial charge in [0.2, 0.25) is 16.2 Å². The van der Waals surface area contributed by atoms with Gasteiger partial charge >= 0.3 is 0 Å². The van der Waals surface area contributed by atoms with Crippen molar-refractivity contribution in [3.8, 4) is 5.88 Å². The van der Waals surface area contributed by atoms with Crippen LogP contribution in [-0.4, -0.2) is 25.7 Å². The number of pyridine rings is 1. The van der Waals surface area contributed by atoms with E-state index in [1.54, 1.807) is 30.0 Å². The van der Waals surface area contributed by atoms with E-state index < -0.39 is 0 Å². The number of nitrogens with one attached hydrogen (secondary N) is 1. The molecule has 2 aromatic heterocycles. The molecule has 4 aromatic rings. The summed E-state index contributed by atoms with van der Waals surface area (Å²) in [6, 6.07) is 17.2. The maximum absolute atomic E-state index is 11.9. The van der Waals surface area contributed by atoms with Crippen LogP contribution < -0.4 is 5.56 Å².